The lowest BCUT2D eigenvalue weighted by Crippen LogP contribution is -2.29. The van der Waals surface area contributed by atoms with Crippen LogP contribution < -0.4 is 9.21 Å². The fourth-order valence-electron chi connectivity index (χ4n) is 2.60. The Kier molecular flexibility index (Phi) is 4.04. The number of nitrogens with zero attached hydrogens (tertiary/aromatic N) is 2. The van der Waals surface area contributed by atoms with E-state index < -0.39 is 10.0 Å². The maximum atomic E-state index is 12.0. The van der Waals surface area contributed by atoms with Gasteiger partial charge < -0.3 is 4.90 Å². The van der Waals surface area contributed by atoms with E-state index in [1.165, 1.54) is 10.6 Å². The van der Waals surface area contributed by atoms with Gasteiger partial charge in [-0.3, -0.25) is 9.10 Å². The van der Waals surface area contributed by atoms with Crippen molar-refractivity contribution in [1.82, 2.24) is 0 Å². The molecule has 0 fully saturated rings. The molecule has 0 spiro atoms. The van der Waals surface area contributed by atoms with E-state index in [1.807, 2.05) is 19.1 Å². The molecule has 110 valence electrons. The quantitative estimate of drug-likeness (QED) is 0.832. The topological polar surface area (TPSA) is 57.7 Å². The lowest BCUT2D eigenvalue weighted by atomic mass is 10.1. The number of hydrogen-bond donors (Lipinski definition) is 0. The summed E-state index contributed by atoms with van der Waals surface area (Å²) in [6, 6.07) is 5.43. The van der Waals surface area contributed by atoms with Gasteiger partial charge in [0, 0.05) is 18.8 Å². The summed E-state index contributed by atoms with van der Waals surface area (Å²) in [6.45, 7) is 4.91. The predicted molar refractivity (Wildman–Crippen MR) is 80.7 cm³/mol. The molecule has 5 nitrogen and oxygen atoms in total. The van der Waals surface area contributed by atoms with Crippen molar-refractivity contribution in [2.75, 3.05) is 28.6 Å². The molecule has 1 aliphatic heterocycles. The monoisotopic (exact) mass is 296 g/mol. The minimum Gasteiger partial charge on any atom is -0.312 e. The first-order chi connectivity index (χ1) is 9.38. The van der Waals surface area contributed by atoms with Crippen LogP contribution in [-0.2, 0) is 21.2 Å². The van der Waals surface area contributed by atoms with Crippen molar-refractivity contribution in [1.29, 1.82) is 0 Å². The van der Waals surface area contributed by atoms with Crippen molar-refractivity contribution in [3.8, 4) is 0 Å². The van der Waals surface area contributed by atoms with Crippen LogP contribution in [0, 0.1) is 0 Å². The Hall–Kier alpha value is -1.56. The summed E-state index contributed by atoms with van der Waals surface area (Å²) in [5, 5.41) is 0. The smallest absolute Gasteiger partial charge is 0.232 e. The Morgan fingerprint density at radius 3 is 2.55 bits per heavy atom. The van der Waals surface area contributed by atoms with Crippen molar-refractivity contribution in [2.45, 2.75) is 26.7 Å². The maximum Gasteiger partial charge on any atom is 0.232 e. The second-order valence-electron chi connectivity index (χ2n) is 4.96. The average molecular weight is 296 g/mol. The number of rotatable bonds is 5. The second kappa shape index (κ2) is 5.44. The largest absolute Gasteiger partial charge is 0.312 e. The molecule has 1 aromatic carbocycles. The highest BCUT2D eigenvalue weighted by Gasteiger charge is 2.27. The van der Waals surface area contributed by atoms with Crippen LogP contribution in [0.4, 0.5) is 11.4 Å². The Morgan fingerprint density at radius 2 is 2.00 bits per heavy atom. The molecule has 0 radical (unpaired) electrons. The molecule has 1 aromatic rings. The molecule has 0 saturated heterocycles. The van der Waals surface area contributed by atoms with Crippen molar-refractivity contribution < 1.29 is 13.2 Å². The molecule has 0 atom stereocenters. The fourth-order valence-corrected chi connectivity index (χ4v) is 3.57. The zero-order chi connectivity index (χ0) is 14.9. The zero-order valence-corrected chi connectivity index (χ0v) is 12.9. The minimum atomic E-state index is -3.29. The van der Waals surface area contributed by atoms with Gasteiger partial charge in [0.2, 0.25) is 15.9 Å². The molecule has 0 aromatic heterocycles. The Labute approximate surface area is 120 Å². The number of sulfonamides is 1. The third kappa shape index (κ3) is 2.65. The molecule has 1 aliphatic rings. The van der Waals surface area contributed by atoms with Gasteiger partial charge in [-0.25, -0.2) is 8.42 Å². The Morgan fingerprint density at radius 1 is 1.30 bits per heavy atom. The molecule has 0 aliphatic carbocycles. The lowest BCUT2D eigenvalue weighted by Gasteiger charge is -2.22. The van der Waals surface area contributed by atoms with Crippen molar-refractivity contribution in [3.63, 3.8) is 0 Å². The zero-order valence-electron chi connectivity index (χ0n) is 12.1. The lowest BCUT2D eigenvalue weighted by molar-refractivity contribution is -0.117. The maximum absolute atomic E-state index is 12.0. The van der Waals surface area contributed by atoms with Crippen LogP contribution in [0.5, 0.6) is 0 Å². The third-order valence-corrected chi connectivity index (χ3v) is 4.69. The van der Waals surface area contributed by atoms with Gasteiger partial charge in [-0.2, -0.15) is 0 Å². The highest BCUT2D eigenvalue weighted by Crippen LogP contribution is 2.33. The molecule has 6 heteroatoms. The average Bonchev–Trinajstić information content (AvgIpc) is 2.65. The van der Waals surface area contributed by atoms with Gasteiger partial charge in [-0.15, -0.1) is 0 Å². The third-order valence-electron chi connectivity index (χ3n) is 3.42. The fraction of sp³-hybridized carbons (Fsp3) is 0.500. The summed E-state index contributed by atoms with van der Waals surface area (Å²) in [4.78, 5) is 13.7. The highest BCUT2D eigenvalue weighted by atomic mass is 32.2. The van der Waals surface area contributed by atoms with Crippen LogP contribution in [0.2, 0.25) is 0 Å². The first-order valence-corrected chi connectivity index (χ1v) is 8.64. The van der Waals surface area contributed by atoms with E-state index in [9.17, 15) is 13.2 Å². The van der Waals surface area contributed by atoms with E-state index in [0.717, 1.165) is 17.7 Å². The van der Waals surface area contributed by atoms with E-state index in [2.05, 4.69) is 0 Å². The van der Waals surface area contributed by atoms with Crippen LogP contribution in [-0.4, -0.2) is 33.7 Å². The molecule has 0 unspecified atom stereocenters. The molecule has 0 saturated carbocycles. The SMILES string of the molecule is CCCN1C(=O)Cc2cc(N(CC)S(C)(=O)=O)ccc21. The Balaban J connectivity index is 2.40. The van der Waals surface area contributed by atoms with Gasteiger partial charge in [0.15, 0.2) is 0 Å². The number of hydrogen-bond acceptors (Lipinski definition) is 3. The van der Waals surface area contributed by atoms with Crippen LogP contribution >= 0.6 is 0 Å². The van der Waals surface area contributed by atoms with Gasteiger partial charge >= 0.3 is 0 Å². The van der Waals surface area contributed by atoms with Crippen LogP contribution in [0.1, 0.15) is 25.8 Å². The van der Waals surface area contributed by atoms with Crippen LogP contribution in [0.15, 0.2) is 18.2 Å². The number of benzene rings is 1. The van der Waals surface area contributed by atoms with Gasteiger partial charge in [0.05, 0.1) is 18.4 Å². The second-order valence-corrected chi connectivity index (χ2v) is 6.87. The van der Waals surface area contributed by atoms with E-state index in [1.54, 1.807) is 17.9 Å². The first kappa shape index (κ1) is 14.8. The molecule has 1 heterocycles. The molecule has 1 amide bonds. The van der Waals surface area contributed by atoms with E-state index in [-0.39, 0.29) is 5.91 Å². The summed E-state index contributed by atoms with van der Waals surface area (Å²) >= 11 is 0. The highest BCUT2D eigenvalue weighted by molar-refractivity contribution is 7.92. The number of carbonyl (C=O) groups is 1. The molecule has 20 heavy (non-hydrogen) atoms. The summed E-state index contributed by atoms with van der Waals surface area (Å²) in [7, 11) is -3.29. The van der Waals surface area contributed by atoms with Crippen molar-refractivity contribution in [3.05, 3.63) is 23.8 Å². The number of fused-ring (bicyclic) bond motifs is 1. The molecule has 0 bridgehead atoms. The van der Waals surface area contributed by atoms with Crippen molar-refractivity contribution >= 4 is 27.3 Å². The number of anilines is 2. The van der Waals surface area contributed by atoms with Gasteiger partial charge in [-0.05, 0) is 37.1 Å². The van der Waals surface area contributed by atoms with Gasteiger partial charge in [0.1, 0.15) is 0 Å². The standard InChI is InChI=1S/C14H20N2O3S/c1-4-8-15-13-7-6-12(9-11(13)10-14(15)17)16(5-2)20(3,18)19/h6-7,9H,4-5,8,10H2,1-3H3. The number of carbonyl (C=O) groups excluding carboxylic acids is 1. The summed E-state index contributed by atoms with van der Waals surface area (Å²) in [5.41, 5.74) is 2.44. The first-order valence-electron chi connectivity index (χ1n) is 6.79. The summed E-state index contributed by atoms with van der Waals surface area (Å²) in [6.07, 6.45) is 2.44. The van der Waals surface area contributed by atoms with E-state index >= 15 is 0 Å². The predicted octanol–water partition coefficient (Wildman–Crippen LogP) is 1.77. The van der Waals surface area contributed by atoms with Crippen LogP contribution in [0.25, 0.3) is 0 Å². The summed E-state index contributed by atoms with van der Waals surface area (Å²) < 4.78 is 24.8. The normalized spacial score (nSPS) is 14.6. The molecule has 2 rings (SSSR count). The van der Waals surface area contributed by atoms with Crippen molar-refractivity contribution in [2.24, 2.45) is 0 Å². The molecule has 0 N–H and O–H groups in total. The summed E-state index contributed by atoms with van der Waals surface area (Å²) in [5.74, 6) is 0.0846. The number of amides is 1. The van der Waals surface area contributed by atoms with Gasteiger partial charge in [0.25, 0.3) is 0 Å². The van der Waals surface area contributed by atoms with E-state index in [4.69, 9.17) is 0 Å². The minimum absolute atomic E-state index is 0.0846. The molecular weight excluding hydrogens is 276 g/mol. The van der Waals surface area contributed by atoms with E-state index in [0.29, 0.717) is 25.2 Å². The molecular formula is C14H20N2O3S. The van der Waals surface area contributed by atoms with Crippen LogP contribution in [0.3, 0.4) is 0 Å². The van der Waals surface area contributed by atoms with Gasteiger partial charge in [-0.1, -0.05) is 6.92 Å². The Bertz CT molecular complexity index is 625.